The molecular formula is C16H18ClNO4. The normalized spacial score (nSPS) is 11.5. The van der Waals surface area contributed by atoms with Crippen LogP contribution in [-0.2, 0) is 9.53 Å². The molecule has 0 aliphatic heterocycles. The van der Waals surface area contributed by atoms with Crippen LogP contribution in [-0.4, -0.2) is 24.0 Å². The van der Waals surface area contributed by atoms with Crippen molar-refractivity contribution < 1.29 is 18.7 Å². The second-order valence-electron chi connectivity index (χ2n) is 6.07. The van der Waals surface area contributed by atoms with Gasteiger partial charge in [0, 0.05) is 21.5 Å². The van der Waals surface area contributed by atoms with Crippen molar-refractivity contribution in [2.75, 3.05) is 6.61 Å². The van der Waals surface area contributed by atoms with Gasteiger partial charge in [-0.2, -0.15) is 0 Å². The standard InChI is InChI=1S/C16H18ClNO4/c1-9-11-7-10(17)5-6-12(11)22-14(9)15(20)21-8-13(19)18-16(2,3)4/h5-7H,8H2,1-4H3,(H,18,19). The van der Waals surface area contributed by atoms with Crippen molar-refractivity contribution in [3.63, 3.8) is 0 Å². The Balaban J connectivity index is 2.10. The highest BCUT2D eigenvalue weighted by Gasteiger charge is 2.21. The Kier molecular flexibility index (Phi) is 4.47. The molecule has 0 aliphatic carbocycles. The number of halogens is 1. The summed E-state index contributed by atoms with van der Waals surface area (Å²) in [7, 11) is 0. The van der Waals surface area contributed by atoms with E-state index in [1.165, 1.54) is 0 Å². The summed E-state index contributed by atoms with van der Waals surface area (Å²) in [5, 5.41) is 4.02. The lowest BCUT2D eigenvalue weighted by molar-refractivity contribution is -0.125. The molecule has 1 N–H and O–H groups in total. The molecule has 1 heterocycles. The van der Waals surface area contributed by atoms with Crippen LogP contribution in [0.4, 0.5) is 0 Å². The summed E-state index contributed by atoms with van der Waals surface area (Å²) in [4.78, 5) is 23.7. The molecule has 0 saturated carbocycles. The van der Waals surface area contributed by atoms with Gasteiger partial charge in [-0.25, -0.2) is 4.79 Å². The topological polar surface area (TPSA) is 68.5 Å². The van der Waals surface area contributed by atoms with E-state index in [1.807, 2.05) is 20.8 Å². The summed E-state index contributed by atoms with van der Waals surface area (Å²) in [6, 6.07) is 5.09. The molecule has 2 aromatic rings. The number of furan rings is 1. The number of carbonyl (C=O) groups is 2. The predicted octanol–water partition coefficient (Wildman–Crippen LogP) is 3.47. The Morgan fingerprint density at radius 2 is 2.00 bits per heavy atom. The number of benzene rings is 1. The fraction of sp³-hybridized carbons (Fsp3) is 0.375. The number of carbonyl (C=O) groups excluding carboxylic acids is 2. The monoisotopic (exact) mass is 323 g/mol. The zero-order valence-corrected chi connectivity index (χ0v) is 13.7. The molecule has 22 heavy (non-hydrogen) atoms. The predicted molar refractivity (Wildman–Crippen MR) is 84.1 cm³/mol. The summed E-state index contributed by atoms with van der Waals surface area (Å²) in [6.07, 6.45) is 0. The van der Waals surface area contributed by atoms with Crippen molar-refractivity contribution in [3.05, 3.63) is 34.5 Å². The summed E-state index contributed by atoms with van der Waals surface area (Å²) < 4.78 is 10.5. The van der Waals surface area contributed by atoms with E-state index in [0.29, 0.717) is 16.2 Å². The van der Waals surface area contributed by atoms with E-state index in [0.717, 1.165) is 5.39 Å². The molecule has 1 aromatic heterocycles. The van der Waals surface area contributed by atoms with E-state index in [1.54, 1.807) is 25.1 Å². The fourth-order valence-electron chi connectivity index (χ4n) is 2.04. The SMILES string of the molecule is Cc1c(C(=O)OCC(=O)NC(C)(C)C)oc2ccc(Cl)cc12. The number of ether oxygens (including phenoxy) is 1. The number of rotatable bonds is 3. The van der Waals surface area contributed by atoms with Crippen LogP contribution >= 0.6 is 11.6 Å². The Bertz CT molecular complexity index is 728. The quantitative estimate of drug-likeness (QED) is 0.878. The maximum absolute atomic E-state index is 12.1. The molecule has 1 amide bonds. The maximum Gasteiger partial charge on any atom is 0.375 e. The van der Waals surface area contributed by atoms with Gasteiger partial charge in [0.15, 0.2) is 6.61 Å². The molecule has 0 radical (unpaired) electrons. The van der Waals surface area contributed by atoms with Crippen LogP contribution < -0.4 is 5.32 Å². The van der Waals surface area contributed by atoms with Crippen LogP contribution in [0.25, 0.3) is 11.0 Å². The molecule has 6 heteroatoms. The van der Waals surface area contributed by atoms with E-state index < -0.39 is 5.97 Å². The van der Waals surface area contributed by atoms with Gasteiger partial charge in [-0.1, -0.05) is 11.6 Å². The highest BCUT2D eigenvalue weighted by molar-refractivity contribution is 6.31. The minimum atomic E-state index is -0.672. The number of amides is 1. The zero-order chi connectivity index (χ0) is 16.5. The molecule has 0 spiro atoms. The van der Waals surface area contributed by atoms with Gasteiger partial charge in [0.25, 0.3) is 5.91 Å². The minimum Gasteiger partial charge on any atom is -0.450 e. The third-order valence-corrected chi connectivity index (χ3v) is 3.17. The molecule has 0 unspecified atom stereocenters. The highest BCUT2D eigenvalue weighted by atomic mass is 35.5. The summed E-state index contributed by atoms with van der Waals surface area (Å²) in [6.45, 7) is 6.93. The van der Waals surface area contributed by atoms with Crippen molar-refractivity contribution in [1.82, 2.24) is 5.32 Å². The first-order valence-electron chi connectivity index (χ1n) is 6.84. The van der Waals surface area contributed by atoms with E-state index in [2.05, 4.69) is 5.32 Å². The first kappa shape index (κ1) is 16.4. The Morgan fingerprint density at radius 3 is 2.64 bits per heavy atom. The van der Waals surface area contributed by atoms with Crippen molar-refractivity contribution in [2.24, 2.45) is 0 Å². The van der Waals surface area contributed by atoms with Gasteiger partial charge in [0.1, 0.15) is 5.58 Å². The number of hydrogen-bond donors (Lipinski definition) is 1. The van der Waals surface area contributed by atoms with Crippen LogP contribution in [0, 0.1) is 6.92 Å². The maximum atomic E-state index is 12.1. The molecule has 5 nitrogen and oxygen atoms in total. The van der Waals surface area contributed by atoms with Gasteiger partial charge in [-0.15, -0.1) is 0 Å². The highest BCUT2D eigenvalue weighted by Crippen LogP contribution is 2.28. The fourth-order valence-corrected chi connectivity index (χ4v) is 2.21. The van der Waals surface area contributed by atoms with Crippen LogP contribution in [0.1, 0.15) is 36.9 Å². The molecule has 118 valence electrons. The second kappa shape index (κ2) is 6.01. The lowest BCUT2D eigenvalue weighted by Gasteiger charge is -2.20. The number of aryl methyl sites for hydroxylation is 1. The van der Waals surface area contributed by atoms with Gasteiger partial charge in [-0.05, 0) is 45.9 Å². The van der Waals surface area contributed by atoms with Crippen LogP contribution in [0.15, 0.2) is 22.6 Å². The molecule has 0 atom stereocenters. The number of nitrogens with one attached hydrogen (secondary N) is 1. The zero-order valence-electron chi connectivity index (χ0n) is 13.0. The van der Waals surface area contributed by atoms with Crippen molar-refractivity contribution in [2.45, 2.75) is 33.2 Å². The Hall–Kier alpha value is -2.01. The Morgan fingerprint density at radius 1 is 1.32 bits per heavy atom. The minimum absolute atomic E-state index is 0.0841. The first-order chi connectivity index (χ1) is 10.2. The lowest BCUT2D eigenvalue weighted by Crippen LogP contribution is -2.42. The first-order valence-corrected chi connectivity index (χ1v) is 7.22. The number of fused-ring (bicyclic) bond motifs is 1. The molecule has 1 aromatic carbocycles. The third-order valence-electron chi connectivity index (χ3n) is 2.93. The van der Waals surface area contributed by atoms with Crippen molar-refractivity contribution in [1.29, 1.82) is 0 Å². The van der Waals surface area contributed by atoms with E-state index in [4.69, 9.17) is 20.8 Å². The van der Waals surface area contributed by atoms with Gasteiger partial charge >= 0.3 is 5.97 Å². The van der Waals surface area contributed by atoms with Crippen LogP contribution in [0.3, 0.4) is 0 Å². The van der Waals surface area contributed by atoms with E-state index in [9.17, 15) is 9.59 Å². The van der Waals surface area contributed by atoms with Gasteiger partial charge in [0.2, 0.25) is 5.76 Å². The van der Waals surface area contributed by atoms with Gasteiger partial charge in [0.05, 0.1) is 0 Å². The third kappa shape index (κ3) is 3.80. The summed E-state index contributed by atoms with van der Waals surface area (Å²) in [5.74, 6) is -0.952. The van der Waals surface area contributed by atoms with Gasteiger partial charge in [-0.3, -0.25) is 4.79 Å². The largest absolute Gasteiger partial charge is 0.450 e. The van der Waals surface area contributed by atoms with Crippen LogP contribution in [0.5, 0.6) is 0 Å². The molecule has 0 fully saturated rings. The van der Waals surface area contributed by atoms with E-state index in [-0.39, 0.29) is 23.8 Å². The smallest absolute Gasteiger partial charge is 0.375 e. The molecule has 0 saturated heterocycles. The number of esters is 1. The van der Waals surface area contributed by atoms with Crippen molar-refractivity contribution >= 4 is 34.4 Å². The average Bonchev–Trinajstić information content (AvgIpc) is 2.71. The molecule has 0 bridgehead atoms. The molecular weight excluding hydrogens is 306 g/mol. The van der Waals surface area contributed by atoms with E-state index >= 15 is 0 Å². The lowest BCUT2D eigenvalue weighted by atomic mass is 10.1. The van der Waals surface area contributed by atoms with Crippen LogP contribution in [0.2, 0.25) is 5.02 Å². The van der Waals surface area contributed by atoms with Gasteiger partial charge < -0.3 is 14.5 Å². The average molecular weight is 324 g/mol. The molecule has 2 rings (SSSR count). The Labute approximate surface area is 133 Å². The second-order valence-corrected chi connectivity index (χ2v) is 6.51. The summed E-state index contributed by atoms with van der Waals surface area (Å²) in [5.41, 5.74) is 0.807. The van der Waals surface area contributed by atoms with Crippen molar-refractivity contribution in [3.8, 4) is 0 Å². The molecule has 0 aliphatic rings. The number of hydrogen-bond acceptors (Lipinski definition) is 4. The summed E-state index contributed by atoms with van der Waals surface area (Å²) >= 11 is 5.93.